The molecule has 0 heterocycles. The summed E-state index contributed by atoms with van der Waals surface area (Å²) in [6, 6.07) is 3.44. The molecule has 0 fully saturated rings. The van der Waals surface area contributed by atoms with Gasteiger partial charge in [0.15, 0.2) is 0 Å². The van der Waals surface area contributed by atoms with Crippen LogP contribution < -0.4 is 10.9 Å². The molecule has 1 atom stereocenters. The first kappa shape index (κ1) is 14.1. The molecule has 2 aromatic carbocycles. The Labute approximate surface area is 113 Å². The SMILES string of the molecule is C/S(CC(=O)O)=c1/c(=O)c2ccc([N+](=O)[O-])cc2c1=O. The summed E-state index contributed by atoms with van der Waals surface area (Å²) in [5.74, 6) is -1.42. The second kappa shape index (κ2) is 4.97. The number of nitro benzene ring substituents is 1. The third kappa shape index (κ3) is 2.25. The fourth-order valence-electron chi connectivity index (χ4n) is 1.95. The number of nitro groups is 1. The maximum atomic E-state index is 12.1. The molecule has 2 rings (SSSR count). The van der Waals surface area contributed by atoms with Crippen molar-refractivity contribution in [2.75, 3.05) is 12.0 Å². The zero-order valence-corrected chi connectivity index (χ0v) is 11.1. The lowest BCUT2D eigenvalue weighted by molar-refractivity contribution is -0.384. The highest BCUT2D eigenvalue weighted by Crippen LogP contribution is 2.18. The summed E-state index contributed by atoms with van der Waals surface area (Å²) < 4.78 is -0.0945. The van der Waals surface area contributed by atoms with Crippen LogP contribution in [-0.4, -0.2) is 28.0 Å². The van der Waals surface area contributed by atoms with Crippen LogP contribution in [-0.2, 0) is 4.79 Å². The molecule has 0 spiro atoms. The van der Waals surface area contributed by atoms with E-state index in [1.807, 2.05) is 0 Å². The van der Waals surface area contributed by atoms with Crippen LogP contribution in [0, 0.1) is 14.6 Å². The number of aliphatic carboxylic acids is 1. The lowest BCUT2D eigenvalue weighted by Gasteiger charge is -1.93. The molecule has 2 aromatic rings. The minimum absolute atomic E-state index is 0.0241. The van der Waals surface area contributed by atoms with E-state index in [9.17, 15) is 24.5 Å². The number of carboxylic acids is 1. The van der Waals surface area contributed by atoms with Crippen molar-refractivity contribution in [2.45, 2.75) is 0 Å². The van der Waals surface area contributed by atoms with Gasteiger partial charge in [0.25, 0.3) is 5.69 Å². The number of non-ortho nitro benzene ring substituents is 1. The van der Waals surface area contributed by atoms with Crippen LogP contribution >= 0.6 is 10.5 Å². The van der Waals surface area contributed by atoms with E-state index in [0.29, 0.717) is 0 Å². The number of rotatable bonds is 3. The Morgan fingerprint density at radius 2 is 1.90 bits per heavy atom. The van der Waals surface area contributed by atoms with Crippen molar-refractivity contribution < 1.29 is 14.8 Å². The minimum Gasteiger partial charge on any atom is -0.481 e. The van der Waals surface area contributed by atoms with Crippen LogP contribution in [0.3, 0.4) is 0 Å². The first-order chi connectivity index (χ1) is 9.32. The van der Waals surface area contributed by atoms with Gasteiger partial charge in [0.05, 0.1) is 15.2 Å². The van der Waals surface area contributed by atoms with Gasteiger partial charge in [-0.1, -0.05) is 0 Å². The second-order valence-corrected chi connectivity index (χ2v) is 6.12. The van der Waals surface area contributed by atoms with Gasteiger partial charge in [0, 0.05) is 22.9 Å². The minimum atomic E-state index is -1.11. The van der Waals surface area contributed by atoms with Crippen molar-refractivity contribution in [3.05, 3.63) is 53.3 Å². The molecule has 0 amide bonds. The average molecular weight is 295 g/mol. The van der Waals surface area contributed by atoms with Crippen molar-refractivity contribution in [1.29, 1.82) is 0 Å². The molecule has 20 heavy (non-hydrogen) atoms. The van der Waals surface area contributed by atoms with E-state index >= 15 is 0 Å². The molecule has 8 heteroatoms. The quantitative estimate of drug-likeness (QED) is 0.510. The Bertz CT molecular complexity index is 891. The number of hydrogen-bond acceptors (Lipinski definition) is 5. The van der Waals surface area contributed by atoms with Crippen LogP contribution in [0.2, 0.25) is 0 Å². The predicted molar refractivity (Wildman–Crippen MR) is 74.8 cm³/mol. The Hall–Kier alpha value is -2.35. The number of hydrogen-bond donors (Lipinski definition) is 1. The van der Waals surface area contributed by atoms with E-state index in [-0.39, 0.29) is 26.7 Å². The molecule has 0 aliphatic carbocycles. The molecule has 1 unspecified atom stereocenters. The third-order valence-corrected chi connectivity index (χ3v) is 4.55. The summed E-state index contributed by atoms with van der Waals surface area (Å²) in [5, 5.41) is 19.5. The lowest BCUT2D eigenvalue weighted by atomic mass is 10.2. The monoisotopic (exact) mass is 295 g/mol. The lowest BCUT2D eigenvalue weighted by Crippen LogP contribution is -2.07. The number of carboxylic acid groups (broad SMARTS) is 1. The van der Waals surface area contributed by atoms with Gasteiger partial charge in [-0.2, -0.15) is 10.5 Å². The maximum absolute atomic E-state index is 12.1. The molecular weight excluding hydrogens is 286 g/mol. The molecule has 1 N–H and O–H groups in total. The number of benzene rings is 1. The summed E-state index contributed by atoms with van der Waals surface area (Å²) in [6.07, 6.45) is 1.50. The van der Waals surface area contributed by atoms with Crippen molar-refractivity contribution in [2.24, 2.45) is 0 Å². The highest BCUT2D eigenvalue weighted by molar-refractivity contribution is 8.09. The summed E-state index contributed by atoms with van der Waals surface area (Å²) >= 11 is 0. The van der Waals surface area contributed by atoms with Crippen molar-refractivity contribution in [1.82, 2.24) is 0 Å². The Kier molecular flexibility index (Phi) is 3.49. The predicted octanol–water partition coefficient (Wildman–Crippen LogP) is 0.859. The smallest absolute Gasteiger partial charge is 0.312 e. The van der Waals surface area contributed by atoms with Gasteiger partial charge in [-0.25, -0.2) is 0 Å². The van der Waals surface area contributed by atoms with Gasteiger partial charge < -0.3 is 5.11 Å². The number of carbonyl (C=O) groups is 1. The van der Waals surface area contributed by atoms with Crippen LogP contribution in [0.5, 0.6) is 0 Å². The fourth-order valence-corrected chi connectivity index (χ4v) is 3.32. The molecule has 0 aliphatic heterocycles. The van der Waals surface area contributed by atoms with Gasteiger partial charge in [0.1, 0.15) is 0 Å². The second-order valence-electron chi connectivity index (χ2n) is 4.15. The Morgan fingerprint density at radius 1 is 1.30 bits per heavy atom. The van der Waals surface area contributed by atoms with E-state index in [0.717, 1.165) is 12.1 Å². The van der Waals surface area contributed by atoms with Crippen LogP contribution in [0.1, 0.15) is 0 Å². The van der Waals surface area contributed by atoms with Gasteiger partial charge in [-0.3, -0.25) is 24.5 Å². The van der Waals surface area contributed by atoms with Crippen LogP contribution in [0.25, 0.3) is 10.8 Å². The highest BCUT2D eigenvalue weighted by Gasteiger charge is 2.16. The number of fused-ring (bicyclic) bond motifs is 1. The van der Waals surface area contributed by atoms with E-state index in [1.165, 1.54) is 12.3 Å². The van der Waals surface area contributed by atoms with E-state index in [1.54, 1.807) is 0 Å². The van der Waals surface area contributed by atoms with Gasteiger partial charge >= 0.3 is 5.97 Å². The fraction of sp³-hybridized carbons (Fsp3) is 0.167. The first-order valence-electron chi connectivity index (χ1n) is 5.42. The standard InChI is InChI=1S/C12H9NO6S/c1-20(5-9(14)15)12-10(16)7-3-2-6(13(18)19)4-8(7)11(12)17/h2-4H,5H2,1H3,(H,14,15). The molecular formula is C12H9NO6S. The number of nitrogens with zero attached hydrogens (tertiary/aromatic N) is 1. The zero-order chi connectivity index (χ0) is 15.0. The summed E-state index contributed by atoms with van der Waals surface area (Å²) in [7, 11) is -1.03. The average Bonchev–Trinajstić information content (AvgIpc) is 2.60. The molecule has 0 bridgehead atoms. The van der Waals surface area contributed by atoms with Crippen molar-refractivity contribution in [3.63, 3.8) is 0 Å². The molecule has 0 radical (unpaired) electrons. The third-order valence-electron chi connectivity index (χ3n) is 2.80. The maximum Gasteiger partial charge on any atom is 0.312 e. The zero-order valence-electron chi connectivity index (χ0n) is 10.3. The molecule has 0 saturated heterocycles. The van der Waals surface area contributed by atoms with Crippen LogP contribution in [0.4, 0.5) is 5.69 Å². The van der Waals surface area contributed by atoms with Crippen molar-refractivity contribution >= 4 is 32.9 Å². The molecule has 7 nitrogen and oxygen atoms in total. The normalized spacial score (nSPS) is 13.3. The Morgan fingerprint density at radius 3 is 2.45 bits per heavy atom. The van der Waals surface area contributed by atoms with Crippen molar-refractivity contribution in [3.8, 4) is 0 Å². The van der Waals surface area contributed by atoms with E-state index in [4.69, 9.17) is 5.11 Å². The largest absolute Gasteiger partial charge is 0.481 e. The van der Waals surface area contributed by atoms with E-state index < -0.39 is 32.2 Å². The summed E-state index contributed by atoms with van der Waals surface area (Å²) in [4.78, 5) is 44.9. The highest BCUT2D eigenvalue weighted by atomic mass is 32.2. The molecule has 104 valence electrons. The topological polar surface area (TPSA) is 115 Å². The molecule has 0 saturated carbocycles. The first-order valence-corrected chi connectivity index (χ1v) is 7.22. The van der Waals surface area contributed by atoms with Gasteiger partial charge in [-0.05, 0) is 12.3 Å². The van der Waals surface area contributed by atoms with Crippen LogP contribution in [0.15, 0.2) is 27.8 Å². The van der Waals surface area contributed by atoms with E-state index in [2.05, 4.69) is 0 Å². The summed E-state index contributed by atoms with van der Waals surface area (Å²) in [6.45, 7) is 0. The Balaban J connectivity index is 2.90. The molecule has 0 aromatic heterocycles. The molecule has 0 aliphatic rings. The summed E-state index contributed by atoms with van der Waals surface area (Å²) in [5.41, 5.74) is -1.42. The van der Waals surface area contributed by atoms with Gasteiger partial charge in [0.2, 0.25) is 10.9 Å². The van der Waals surface area contributed by atoms with Gasteiger partial charge in [-0.15, -0.1) is 0 Å².